The standard InChI is InChI=1S/C27H30N6O/c1-17-6-4-8-21(18(17)2)26-23(34-3)14-22-27(29-26)25(31-30-22)19-9-10-24(28-15-19)33-13-12-32-11-5-7-20(32)16-33/h4,6,8-10,14-15,20H,5,7,11-13,16H2,1-3H3,(H,30,31). The predicted octanol–water partition coefficient (Wildman–Crippen LogP) is 4.60. The minimum Gasteiger partial charge on any atom is -0.494 e. The number of benzene rings is 1. The molecule has 2 fully saturated rings. The Balaban J connectivity index is 1.35. The number of piperazine rings is 1. The fraction of sp³-hybridized carbons (Fsp3) is 0.370. The third-order valence-electron chi connectivity index (χ3n) is 7.51. The quantitative estimate of drug-likeness (QED) is 0.486. The lowest BCUT2D eigenvalue weighted by atomic mass is 9.99. The van der Waals surface area contributed by atoms with Crippen LogP contribution in [0.15, 0.2) is 42.6 Å². The molecule has 2 aliphatic heterocycles. The molecule has 0 aliphatic carbocycles. The number of nitrogens with one attached hydrogen (secondary N) is 1. The molecule has 4 aromatic rings. The molecule has 2 saturated heterocycles. The van der Waals surface area contributed by atoms with Crippen LogP contribution in [-0.4, -0.2) is 64.4 Å². The number of ether oxygens (including phenoxy) is 1. The monoisotopic (exact) mass is 454 g/mol. The van der Waals surface area contributed by atoms with Crippen molar-refractivity contribution in [2.75, 3.05) is 38.2 Å². The molecule has 5 heterocycles. The molecule has 7 heteroatoms. The molecule has 6 rings (SSSR count). The van der Waals surface area contributed by atoms with Gasteiger partial charge in [-0.15, -0.1) is 0 Å². The molecule has 1 N–H and O–H groups in total. The summed E-state index contributed by atoms with van der Waals surface area (Å²) in [7, 11) is 1.68. The Kier molecular flexibility index (Phi) is 5.21. The molecule has 0 radical (unpaired) electrons. The summed E-state index contributed by atoms with van der Waals surface area (Å²) in [6, 6.07) is 13.2. The number of anilines is 1. The third-order valence-corrected chi connectivity index (χ3v) is 7.51. The first-order chi connectivity index (χ1) is 16.6. The molecule has 1 unspecified atom stereocenters. The Hall–Kier alpha value is -3.45. The van der Waals surface area contributed by atoms with Gasteiger partial charge in [0.1, 0.15) is 28.5 Å². The number of hydrogen-bond donors (Lipinski definition) is 1. The van der Waals surface area contributed by atoms with E-state index < -0.39 is 0 Å². The summed E-state index contributed by atoms with van der Waals surface area (Å²) < 4.78 is 5.70. The van der Waals surface area contributed by atoms with Crippen LogP contribution >= 0.6 is 0 Å². The number of aromatic amines is 1. The van der Waals surface area contributed by atoms with Crippen molar-refractivity contribution >= 4 is 16.9 Å². The van der Waals surface area contributed by atoms with Gasteiger partial charge >= 0.3 is 0 Å². The first-order valence-electron chi connectivity index (χ1n) is 12.1. The fourth-order valence-corrected chi connectivity index (χ4v) is 5.40. The highest BCUT2D eigenvalue weighted by Gasteiger charge is 2.31. The van der Waals surface area contributed by atoms with E-state index in [0.717, 1.165) is 64.7 Å². The van der Waals surface area contributed by atoms with Gasteiger partial charge in [0, 0.05) is 49.1 Å². The van der Waals surface area contributed by atoms with Crippen molar-refractivity contribution < 1.29 is 4.74 Å². The minimum absolute atomic E-state index is 0.674. The van der Waals surface area contributed by atoms with Gasteiger partial charge in [-0.25, -0.2) is 9.97 Å². The number of nitrogens with zero attached hydrogens (tertiary/aromatic N) is 5. The third kappa shape index (κ3) is 3.51. The normalized spacial score (nSPS) is 18.4. The lowest BCUT2D eigenvalue weighted by molar-refractivity contribution is 0.230. The van der Waals surface area contributed by atoms with Crippen LogP contribution in [0.3, 0.4) is 0 Å². The van der Waals surface area contributed by atoms with Gasteiger partial charge in [-0.05, 0) is 56.5 Å². The molecule has 0 amide bonds. The van der Waals surface area contributed by atoms with Gasteiger partial charge in [-0.2, -0.15) is 5.10 Å². The van der Waals surface area contributed by atoms with Crippen molar-refractivity contribution in [2.24, 2.45) is 0 Å². The van der Waals surface area contributed by atoms with E-state index in [1.54, 1.807) is 7.11 Å². The van der Waals surface area contributed by atoms with Crippen molar-refractivity contribution in [1.29, 1.82) is 0 Å². The second-order valence-electron chi connectivity index (χ2n) is 9.44. The summed E-state index contributed by atoms with van der Waals surface area (Å²) in [5.74, 6) is 1.77. The molecule has 0 spiro atoms. The molecule has 2 aliphatic rings. The maximum absolute atomic E-state index is 5.70. The van der Waals surface area contributed by atoms with Gasteiger partial charge in [0.25, 0.3) is 0 Å². The highest BCUT2D eigenvalue weighted by molar-refractivity contribution is 5.93. The Morgan fingerprint density at radius 3 is 2.79 bits per heavy atom. The second-order valence-corrected chi connectivity index (χ2v) is 9.44. The van der Waals surface area contributed by atoms with Gasteiger partial charge in [0.15, 0.2) is 0 Å². The SMILES string of the molecule is COc1cc2[nH]nc(-c3ccc(N4CCN5CCCC5C4)nc3)c2nc1-c1cccc(C)c1C. The van der Waals surface area contributed by atoms with Crippen LogP contribution in [0.25, 0.3) is 33.5 Å². The summed E-state index contributed by atoms with van der Waals surface area (Å²) in [5.41, 5.74) is 7.78. The van der Waals surface area contributed by atoms with Gasteiger partial charge in [-0.3, -0.25) is 10.00 Å². The van der Waals surface area contributed by atoms with E-state index in [1.165, 1.54) is 30.5 Å². The molecule has 34 heavy (non-hydrogen) atoms. The van der Waals surface area contributed by atoms with Gasteiger partial charge in [-0.1, -0.05) is 18.2 Å². The predicted molar refractivity (Wildman–Crippen MR) is 135 cm³/mol. The van der Waals surface area contributed by atoms with Crippen LogP contribution in [0.2, 0.25) is 0 Å². The van der Waals surface area contributed by atoms with Gasteiger partial charge < -0.3 is 9.64 Å². The molecular weight excluding hydrogens is 424 g/mol. The zero-order chi connectivity index (χ0) is 23.2. The summed E-state index contributed by atoms with van der Waals surface area (Å²) in [6.07, 6.45) is 4.54. The summed E-state index contributed by atoms with van der Waals surface area (Å²) in [4.78, 5) is 14.9. The smallest absolute Gasteiger partial charge is 0.147 e. The van der Waals surface area contributed by atoms with Crippen molar-refractivity contribution in [3.63, 3.8) is 0 Å². The van der Waals surface area contributed by atoms with E-state index in [2.05, 4.69) is 64.2 Å². The van der Waals surface area contributed by atoms with Crippen molar-refractivity contribution in [2.45, 2.75) is 32.7 Å². The van der Waals surface area contributed by atoms with Crippen LogP contribution in [0.1, 0.15) is 24.0 Å². The number of fused-ring (bicyclic) bond motifs is 2. The Morgan fingerprint density at radius 1 is 1.06 bits per heavy atom. The molecule has 0 bridgehead atoms. The highest BCUT2D eigenvalue weighted by atomic mass is 16.5. The number of pyridine rings is 2. The Labute approximate surface area is 199 Å². The maximum atomic E-state index is 5.70. The van der Waals surface area contributed by atoms with Gasteiger partial charge in [0.05, 0.1) is 12.6 Å². The summed E-state index contributed by atoms with van der Waals surface area (Å²) >= 11 is 0. The Bertz CT molecular complexity index is 1350. The highest BCUT2D eigenvalue weighted by Crippen LogP contribution is 2.36. The van der Waals surface area contributed by atoms with Crippen molar-refractivity contribution in [3.05, 3.63) is 53.7 Å². The van der Waals surface area contributed by atoms with Crippen LogP contribution in [-0.2, 0) is 0 Å². The first-order valence-corrected chi connectivity index (χ1v) is 12.1. The molecule has 0 saturated carbocycles. The number of hydrogen-bond acceptors (Lipinski definition) is 6. The summed E-state index contributed by atoms with van der Waals surface area (Å²) in [5, 5.41) is 7.73. The maximum Gasteiger partial charge on any atom is 0.147 e. The largest absolute Gasteiger partial charge is 0.494 e. The average Bonchev–Trinajstić information content (AvgIpc) is 3.51. The van der Waals surface area contributed by atoms with E-state index in [9.17, 15) is 0 Å². The Morgan fingerprint density at radius 2 is 1.97 bits per heavy atom. The average molecular weight is 455 g/mol. The minimum atomic E-state index is 0.674. The van der Waals surface area contributed by atoms with Crippen LogP contribution < -0.4 is 9.64 Å². The topological polar surface area (TPSA) is 70.2 Å². The number of aromatic nitrogens is 4. The van der Waals surface area contributed by atoms with E-state index in [4.69, 9.17) is 14.7 Å². The number of methoxy groups -OCH3 is 1. The van der Waals surface area contributed by atoms with E-state index >= 15 is 0 Å². The first kappa shape index (κ1) is 21.1. The number of aryl methyl sites for hydroxylation is 1. The van der Waals surface area contributed by atoms with Crippen molar-refractivity contribution in [1.82, 2.24) is 25.1 Å². The van der Waals surface area contributed by atoms with Gasteiger partial charge in [0.2, 0.25) is 0 Å². The van der Waals surface area contributed by atoms with E-state index in [0.29, 0.717) is 6.04 Å². The van der Waals surface area contributed by atoms with Crippen LogP contribution in [0, 0.1) is 13.8 Å². The zero-order valence-corrected chi connectivity index (χ0v) is 20.0. The zero-order valence-electron chi connectivity index (χ0n) is 20.0. The van der Waals surface area contributed by atoms with Crippen LogP contribution in [0.4, 0.5) is 5.82 Å². The number of rotatable bonds is 4. The lowest BCUT2D eigenvalue weighted by Gasteiger charge is -2.38. The molecule has 1 atom stereocenters. The lowest BCUT2D eigenvalue weighted by Crippen LogP contribution is -2.50. The van der Waals surface area contributed by atoms with E-state index in [-0.39, 0.29) is 0 Å². The molecular formula is C27H30N6O. The molecule has 1 aromatic carbocycles. The van der Waals surface area contributed by atoms with Crippen LogP contribution in [0.5, 0.6) is 5.75 Å². The molecule has 174 valence electrons. The molecule has 3 aromatic heterocycles. The fourth-order valence-electron chi connectivity index (χ4n) is 5.40. The number of H-pyrrole nitrogens is 1. The van der Waals surface area contributed by atoms with E-state index in [1.807, 2.05) is 12.3 Å². The molecule has 7 nitrogen and oxygen atoms in total. The van der Waals surface area contributed by atoms with Crippen molar-refractivity contribution in [3.8, 4) is 28.3 Å². The summed E-state index contributed by atoms with van der Waals surface area (Å²) in [6.45, 7) is 8.73. The second kappa shape index (κ2) is 8.40.